The minimum atomic E-state index is -3.38. The Hall–Kier alpha value is -2.20. The molecule has 8 nitrogen and oxygen atoms in total. The lowest BCUT2D eigenvalue weighted by molar-refractivity contribution is -0.138. The molecule has 2 aliphatic rings. The first-order chi connectivity index (χ1) is 17.2. The lowest BCUT2D eigenvalue weighted by atomic mass is 9.85. The van der Waals surface area contributed by atoms with E-state index in [4.69, 9.17) is 17.3 Å². The van der Waals surface area contributed by atoms with Crippen molar-refractivity contribution in [2.24, 2.45) is 11.8 Å². The molecular formula is C26H36ClN5O3S. The Morgan fingerprint density at radius 3 is 2.39 bits per heavy atom. The average molecular weight is 534 g/mol. The zero-order valence-electron chi connectivity index (χ0n) is 20.8. The molecule has 3 N–H and O–H groups in total. The zero-order chi connectivity index (χ0) is 25.7. The number of piperidine rings is 2. The number of nitrogen functional groups attached to an aromatic ring is 1. The van der Waals surface area contributed by atoms with Crippen LogP contribution in [0, 0.1) is 11.8 Å². The number of nitrogens with two attached hydrogens (primary N) is 1. The molecule has 0 saturated carbocycles. The van der Waals surface area contributed by atoms with Gasteiger partial charge in [-0.15, -0.1) is 0 Å². The van der Waals surface area contributed by atoms with Crippen LogP contribution in [0.1, 0.15) is 49.8 Å². The van der Waals surface area contributed by atoms with Crippen LogP contribution >= 0.6 is 11.6 Å². The second-order valence-corrected chi connectivity index (χ2v) is 12.3. The Morgan fingerprint density at radius 1 is 1.11 bits per heavy atom. The van der Waals surface area contributed by atoms with Crippen molar-refractivity contribution in [1.82, 2.24) is 19.5 Å². The van der Waals surface area contributed by atoms with E-state index in [2.05, 4.69) is 14.6 Å². The smallest absolute Gasteiger partial charge is 0.225 e. The van der Waals surface area contributed by atoms with Gasteiger partial charge in [0.15, 0.2) is 0 Å². The van der Waals surface area contributed by atoms with Gasteiger partial charge in [0.05, 0.1) is 5.75 Å². The number of rotatable bonds is 8. The molecule has 0 bridgehead atoms. The first-order valence-electron chi connectivity index (χ1n) is 12.7. The summed E-state index contributed by atoms with van der Waals surface area (Å²) in [6.07, 6.45) is 4.95. The molecule has 3 heterocycles. The topological polar surface area (TPSA) is 109 Å². The molecular weight excluding hydrogens is 498 g/mol. The third kappa shape index (κ3) is 6.97. The second-order valence-electron chi connectivity index (χ2n) is 9.85. The highest BCUT2D eigenvalue weighted by atomic mass is 35.5. The summed E-state index contributed by atoms with van der Waals surface area (Å²) in [4.78, 5) is 21.7. The number of sulfonamides is 1. The number of nitrogens with zero attached hydrogens (tertiary/aromatic N) is 3. The van der Waals surface area contributed by atoms with E-state index < -0.39 is 10.0 Å². The van der Waals surface area contributed by atoms with Gasteiger partial charge in [0, 0.05) is 42.8 Å². The minimum Gasteiger partial charge on any atom is -0.384 e. The molecule has 36 heavy (non-hydrogen) atoms. The van der Waals surface area contributed by atoms with E-state index in [0.717, 1.165) is 56.4 Å². The molecule has 10 heteroatoms. The maximum atomic E-state index is 13.3. The number of carbonyl (C=O) groups is 1. The molecule has 0 spiro atoms. The quantitative estimate of drug-likeness (QED) is 0.538. The summed E-state index contributed by atoms with van der Waals surface area (Å²) in [5.74, 6) is 0.958. The van der Waals surface area contributed by atoms with Crippen molar-refractivity contribution in [2.75, 3.05) is 37.7 Å². The van der Waals surface area contributed by atoms with Crippen molar-refractivity contribution in [3.05, 3.63) is 58.7 Å². The number of nitrogens with one attached hydrogen (secondary N) is 1. The fourth-order valence-corrected chi connectivity index (χ4v) is 6.29. The number of pyridine rings is 1. The molecule has 0 aliphatic carbocycles. The van der Waals surface area contributed by atoms with Crippen LogP contribution in [0.5, 0.6) is 0 Å². The van der Waals surface area contributed by atoms with Gasteiger partial charge in [0.2, 0.25) is 15.9 Å². The van der Waals surface area contributed by atoms with Crippen molar-refractivity contribution in [1.29, 1.82) is 0 Å². The Balaban J connectivity index is 1.31. The molecule has 2 aromatic rings. The standard InChI is InChI=1S/C26H36ClN5O3S/c1-2-36(34,35)30-25(20-3-5-23(27)6-4-20)21-10-15-32(16-11-21)26(33)22-8-13-31(14-9-22)18-19-7-12-29-24(28)17-19/h3-7,12,17,21-22,25,30H,2,8-11,13-16,18H2,1H3,(H2,28,29). The molecule has 1 aromatic carbocycles. The van der Waals surface area contributed by atoms with E-state index in [1.807, 2.05) is 29.2 Å². The normalized spacial score (nSPS) is 19.3. The fourth-order valence-electron chi connectivity index (χ4n) is 5.28. The number of anilines is 1. The van der Waals surface area contributed by atoms with Gasteiger partial charge < -0.3 is 10.6 Å². The van der Waals surface area contributed by atoms with Crippen LogP contribution in [0.15, 0.2) is 42.6 Å². The van der Waals surface area contributed by atoms with Gasteiger partial charge in [-0.05, 0) is 87.0 Å². The summed E-state index contributed by atoms with van der Waals surface area (Å²) in [6, 6.07) is 10.9. The van der Waals surface area contributed by atoms with Crippen LogP contribution in [0.2, 0.25) is 5.02 Å². The van der Waals surface area contributed by atoms with Gasteiger partial charge in [-0.3, -0.25) is 9.69 Å². The van der Waals surface area contributed by atoms with Crippen molar-refractivity contribution in [3.8, 4) is 0 Å². The molecule has 1 atom stereocenters. The molecule has 2 fully saturated rings. The summed E-state index contributed by atoms with van der Waals surface area (Å²) >= 11 is 6.05. The molecule has 0 radical (unpaired) electrons. The monoisotopic (exact) mass is 533 g/mol. The number of hydrogen-bond acceptors (Lipinski definition) is 6. The highest BCUT2D eigenvalue weighted by Gasteiger charge is 2.34. The zero-order valence-corrected chi connectivity index (χ0v) is 22.3. The molecule has 4 rings (SSSR count). The second kappa shape index (κ2) is 11.9. The number of benzene rings is 1. The predicted octanol–water partition coefficient (Wildman–Crippen LogP) is 3.45. The molecule has 2 saturated heterocycles. The summed E-state index contributed by atoms with van der Waals surface area (Å²) in [5, 5.41) is 0.618. The number of aromatic nitrogens is 1. The van der Waals surface area contributed by atoms with Crippen molar-refractivity contribution in [3.63, 3.8) is 0 Å². The summed E-state index contributed by atoms with van der Waals surface area (Å²) in [6.45, 7) is 5.52. The van der Waals surface area contributed by atoms with Gasteiger partial charge >= 0.3 is 0 Å². The van der Waals surface area contributed by atoms with E-state index in [1.165, 1.54) is 0 Å². The van der Waals surface area contributed by atoms with Crippen LogP contribution in [-0.2, 0) is 21.4 Å². The summed E-state index contributed by atoms with van der Waals surface area (Å²) in [5.41, 5.74) is 7.84. The highest BCUT2D eigenvalue weighted by molar-refractivity contribution is 7.89. The largest absolute Gasteiger partial charge is 0.384 e. The number of likely N-dealkylation sites (tertiary alicyclic amines) is 2. The van der Waals surface area contributed by atoms with E-state index in [1.54, 1.807) is 25.3 Å². The third-order valence-electron chi connectivity index (χ3n) is 7.43. The Morgan fingerprint density at radius 2 is 1.78 bits per heavy atom. The summed E-state index contributed by atoms with van der Waals surface area (Å²) < 4.78 is 27.7. The molecule has 196 valence electrons. The minimum absolute atomic E-state index is 0.0294. The Bertz CT molecular complexity index is 1130. The average Bonchev–Trinajstić information content (AvgIpc) is 2.88. The van der Waals surface area contributed by atoms with Crippen LogP contribution in [0.3, 0.4) is 0 Å². The first kappa shape index (κ1) is 26.9. The highest BCUT2D eigenvalue weighted by Crippen LogP contribution is 2.33. The van der Waals surface area contributed by atoms with Crippen molar-refractivity contribution in [2.45, 2.75) is 45.2 Å². The van der Waals surface area contributed by atoms with E-state index >= 15 is 0 Å². The lowest BCUT2D eigenvalue weighted by Gasteiger charge is -2.39. The first-order valence-corrected chi connectivity index (χ1v) is 14.7. The van der Waals surface area contributed by atoms with Crippen LogP contribution in [-0.4, -0.2) is 61.0 Å². The van der Waals surface area contributed by atoms with Gasteiger partial charge in [0.1, 0.15) is 5.82 Å². The van der Waals surface area contributed by atoms with E-state index in [-0.39, 0.29) is 29.5 Å². The van der Waals surface area contributed by atoms with Gasteiger partial charge in [-0.1, -0.05) is 23.7 Å². The van der Waals surface area contributed by atoms with E-state index in [0.29, 0.717) is 23.9 Å². The fraction of sp³-hybridized carbons (Fsp3) is 0.538. The molecule has 2 aliphatic heterocycles. The van der Waals surface area contributed by atoms with Gasteiger partial charge in [0.25, 0.3) is 0 Å². The predicted molar refractivity (Wildman–Crippen MR) is 143 cm³/mol. The molecule has 1 unspecified atom stereocenters. The maximum Gasteiger partial charge on any atom is 0.225 e. The van der Waals surface area contributed by atoms with E-state index in [9.17, 15) is 13.2 Å². The maximum absolute atomic E-state index is 13.3. The van der Waals surface area contributed by atoms with Crippen molar-refractivity contribution < 1.29 is 13.2 Å². The van der Waals surface area contributed by atoms with Crippen LogP contribution in [0.4, 0.5) is 5.82 Å². The van der Waals surface area contributed by atoms with Gasteiger partial charge in [-0.2, -0.15) is 0 Å². The Labute approximate surface area is 219 Å². The number of hydrogen-bond donors (Lipinski definition) is 2. The van der Waals surface area contributed by atoms with Gasteiger partial charge in [-0.25, -0.2) is 18.1 Å². The SMILES string of the molecule is CCS(=O)(=O)NC(c1ccc(Cl)cc1)C1CCN(C(=O)C2CCN(Cc3ccnc(N)c3)CC2)CC1. The van der Waals surface area contributed by atoms with Crippen LogP contribution in [0.25, 0.3) is 0 Å². The lowest BCUT2D eigenvalue weighted by Crippen LogP contribution is -2.47. The number of halogens is 1. The number of amides is 1. The molecule has 1 amide bonds. The summed E-state index contributed by atoms with van der Waals surface area (Å²) in [7, 11) is -3.38. The number of carbonyl (C=O) groups excluding carboxylic acids is 1. The van der Waals surface area contributed by atoms with Crippen molar-refractivity contribution >= 4 is 33.3 Å². The Kier molecular flexibility index (Phi) is 8.87. The molecule has 1 aromatic heterocycles. The van der Waals surface area contributed by atoms with Crippen LogP contribution < -0.4 is 10.5 Å². The third-order valence-corrected chi connectivity index (χ3v) is 9.05.